The monoisotopic (exact) mass is 340 g/mol. The average molecular weight is 340 g/mol. The quantitative estimate of drug-likeness (QED) is 0.422. The third kappa shape index (κ3) is 5.26. The zero-order valence-electron chi connectivity index (χ0n) is 13.1. The molecule has 4 N–H and O–H groups in total. The second-order valence-electron chi connectivity index (χ2n) is 4.97. The molecule has 0 aliphatic rings. The first kappa shape index (κ1) is 17.8. The Morgan fingerprint density at radius 2 is 1.64 bits per heavy atom. The fraction of sp³-hybridized carbons (Fsp3) is 0.0588. The number of nitrogens with zero attached hydrogens (tertiary/aromatic N) is 1. The molecule has 0 aliphatic heterocycles. The van der Waals surface area contributed by atoms with Crippen LogP contribution in [0.15, 0.2) is 54.6 Å². The lowest BCUT2D eigenvalue weighted by Gasteiger charge is -2.10. The molecule has 2 aromatic rings. The van der Waals surface area contributed by atoms with Gasteiger partial charge in [0.05, 0.1) is 22.8 Å². The largest absolute Gasteiger partial charge is 0.323 e. The van der Waals surface area contributed by atoms with Gasteiger partial charge in [0.25, 0.3) is 5.69 Å². The lowest BCUT2D eigenvalue weighted by Crippen LogP contribution is -2.22. The van der Waals surface area contributed by atoms with Crippen molar-refractivity contribution in [3.63, 3.8) is 0 Å². The van der Waals surface area contributed by atoms with Crippen LogP contribution in [0, 0.1) is 10.1 Å². The van der Waals surface area contributed by atoms with Crippen LogP contribution >= 0.6 is 0 Å². The van der Waals surface area contributed by atoms with Crippen LogP contribution in [0.5, 0.6) is 0 Å². The maximum Gasteiger partial charge on any atom is 0.269 e. The SMILES string of the molecule is NCC(=O)Nc1ccccc1NC(=O)/C=C/c1ccc([N+](=O)[O-])cc1. The van der Waals surface area contributed by atoms with Crippen molar-refractivity contribution in [3.05, 3.63) is 70.3 Å². The molecular formula is C17H16N4O4. The van der Waals surface area contributed by atoms with Crippen molar-refractivity contribution in [2.45, 2.75) is 0 Å². The van der Waals surface area contributed by atoms with Gasteiger partial charge in [0.15, 0.2) is 0 Å². The zero-order chi connectivity index (χ0) is 18.2. The fourth-order valence-corrected chi connectivity index (χ4v) is 1.96. The van der Waals surface area contributed by atoms with E-state index < -0.39 is 10.8 Å². The number of amides is 2. The fourth-order valence-electron chi connectivity index (χ4n) is 1.96. The highest BCUT2D eigenvalue weighted by Crippen LogP contribution is 2.21. The van der Waals surface area contributed by atoms with E-state index in [-0.39, 0.29) is 18.1 Å². The summed E-state index contributed by atoms with van der Waals surface area (Å²) in [6, 6.07) is 12.5. The van der Waals surface area contributed by atoms with E-state index in [1.165, 1.54) is 36.4 Å². The molecule has 8 heteroatoms. The minimum absolute atomic E-state index is 0.0221. The highest BCUT2D eigenvalue weighted by atomic mass is 16.6. The predicted molar refractivity (Wildman–Crippen MR) is 94.9 cm³/mol. The van der Waals surface area contributed by atoms with Gasteiger partial charge in [0, 0.05) is 18.2 Å². The highest BCUT2D eigenvalue weighted by molar-refractivity contribution is 6.05. The second-order valence-corrected chi connectivity index (χ2v) is 4.97. The van der Waals surface area contributed by atoms with Crippen LogP contribution in [-0.4, -0.2) is 23.3 Å². The molecule has 2 rings (SSSR count). The number of rotatable bonds is 6. The third-order valence-corrected chi connectivity index (χ3v) is 3.18. The minimum Gasteiger partial charge on any atom is -0.323 e. The lowest BCUT2D eigenvalue weighted by molar-refractivity contribution is -0.384. The summed E-state index contributed by atoms with van der Waals surface area (Å²) in [6.07, 6.45) is 2.82. The Labute approximate surface area is 143 Å². The number of anilines is 2. The minimum atomic E-state index is -0.493. The molecule has 0 aromatic heterocycles. The first-order valence-corrected chi connectivity index (χ1v) is 7.32. The number of benzene rings is 2. The summed E-state index contributed by atoms with van der Waals surface area (Å²) in [5, 5.41) is 15.8. The molecule has 2 aromatic carbocycles. The molecule has 8 nitrogen and oxygen atoms in total. The van der Waals surface area contributed by atoms with Crippen molar-refractivity contribution in [3.8, 4) is 0 Å². The molecule has 0 aliphatic carbocycles. The molecule has 0 spiro atoms. The normalized spacial score (nSPS) is 10.4. The van der Waals surface area contributed by atoms with Crippen LogP contribution in [0.1, 0.15) is 5.56 Å². The predicted octanol–water partition coefficient (Wildman–Crippen LogP) is 2.14. The summed E-state index contributed by atoms with van der Waals surface area (Å²) < 4.78 is 0. The van der Waals surface area contributed by atoms with Crippen molar-refractivity contribution in [1.82, 2.24) is 0 Å². The Morgan fingerprint density at radius 3 is 2.20 bits per heavy atom. The van der Waals surface area contributed by atoms with E-state index in [1.54, 1.807) is 24.3 Å². The first-order chi connectivity index (χ1) is 12.0. The molecular weight excluding hydrogens is 324 g/mol. The molecule has 25 heavy (non-hydrogen) atoms. The van der Waals surface area contributed by atoms with Crippen LogP contribution in [0.4, 0.5) is 17.1 Å². The molecule has 0 atom stereocenters. The molecule has 0 saturated carbocycles. The molecule has 0 bridgehead atoms. The van der Waals surface area contributed by atoms with Crippen LogP contribution < -0.4 is 16.4 Å². The van der Waals surface area contributed by atoms with Gasteiger partial charge in [-0.3, -0.25) is 19.7 Å². The average Bonchev–Trinajstić information content (AvgIpc) is 2.61. The lowest BCUT2D eigenvalue weighted by atomic mass is 10.2. The van der Waals surface area contributed by atoms with E-state index in [4.69, 9.17) is 5.73 Å². The van der Waals surface area contributed by atoms with Gasteiger partial charge in [-0.15, -0.1) is 0 Å². The smallest absolute Gasteiger partial charge is 0.269 e. The van der Waals surface area contributed by atoms with Crippen LogP contribution in [-0.2, 0) is 9.59 Å². The van der Waals surface area contributed by atoms with E-state index in [0.717, 1.165) is 0 Å². The Balaban J connectivity index is 2.05. The standard InChI is InChI=1S/C17H16N4O4/c18-11-17(23)20-15-4-2-1-3-14(15)19-16(22)10-7-12-5-8-13(9-6-12)21(24)25/h1-10H,11,18H2,(H,19,22)(H,20,23)/b10-7+. The molecule has 0 heterocycles. The van der Waals surface area contributed by atoms with Crippen LogP contribution in [0.25, 0.3) is 6.08 Å². The number of nitrogens with two attached hydrogens (primary N) is 1. The maximum atomic E-state index is 12.0. The van der Waals surface area contributed by atoms with Gasteiger partial charge in [-0.2, -0.15) is 0 Å². The first-order valence-electron chi connectivity index (χ1n) is 7.32. The number of nitro groups is 1. The van der Waals surface area contributed by atoms with Gasteiger partial charge in [0.2, 0.25) is 11.8 Å². The number of para-hydroxylation sites is 2. The number of hydrogen-bond donors (Lipinski definition) is 3. The number of hydrogen-bond acceptors (Lipinski definition) is 5. The van der Waals surface area contributed by atoms with Gasteiger partial charge in [-0.1, -0.05) is 12.1 Å². The van der Waals surface area contributed by atoms with Crippen molar-refractivity contribution >= 4 is 35.0 Å². The van der Waals surface area contributed by atoms with E-state index in [9.17, 15) is 19.7 Å². The van der Waals surface area contributed by atoms with Gasteiger partial charge < -0.3 is 16.4 Å². The number of carbonyl (C=O) groups is 2. The molecule has 2 amide bonds. The number of nitrogens with one attached hydrogen (secondary N) is 2. The maximum absolute atomic E-state index is 12.0. The van der Waals surface area contributed by atoms with Gasteiger partial charge in [0.1, 0.15) is 0 Å². The second kappa shape index (κ2) is 8.37. The third-order valence-electron chi connectivity index (χ3n) is 3.18. The summed E-state index contributed by atoms with van der Waals surface area (Å²) in [7, 11) is 0. The van der Waals surface area contributed by atoms with Crippen molar-refractivity contribution in [1.29, 1.82) is 0 Å². The van der Waals surface area contributed by atoms with Crippen molar-refractivity contribution in [2.75, 3.05) is 17.2 Å². The molecule has 0 unspecified atom stereocenters. The number of non-ortho nitro benzene ring substituents is 1. The van der Waals surface area contributed by atoms with E-state index in [0.29, 0.717) is 16.9 Å². The summed E-state index contributed by atoms with van der Waals surface area (Å²) in [6.45, 7) is -0.164. The summed E-state index contributed by atoms with van der Waals surface area (Å²) in [4.78, 5) is 33.5. The van der Waals surface area contributed by atoms with Crippen LogP contribution in [0.3, 0.4) is 0 Å². The van der Waals surface area contributed by atoms with Crippen molar-refractivity contribution < 1.29 is 14.5 Å². The molecule has 128 valence electrons. The highest BCUT2D eigenvalue weighted by Gasteiger charge is 2.07. The van der Waals surface area contributed by atoms with E-state index >= 15 is 0 Å². The Hall–Kier alpha value is -3.52. The Bertz CT molecular complexity index is 816. The van der Waals surface area contributed by atoms with Gasteiger partial charge in [-0.05, 0) is 35.9 Å². The van der Waals surface area contributed by atoms with Crippen LogP contribution in [0.2, 0.25) is 0 Å². The van der Waals surface area contributed by atoms with Crippen molar-refractivity contribution in [2.24, 2.45) is 5.73 Å². The summed E-state index contributed by atoms with van der Waals surface area (Å²) >= 11 is 0. The summed E-state index contributed by atoms with van der Waals surface area (Å²) in [5.74, 6) is -0.782. The topological polar surface area (TPSA) is 127 Å². The zero-order valence-corrected chi connectivity index (χ0v) is 13.1. The Kier molecular flexibility index (Phi) is 5.97. The number of carbonyl (C=O) groups excluding carboxylic acids is 2. The van der Waals surface area contributed by atoms with Gasteiger partial charge >= 0.3 is 0 Å². The number of nitro benzene ring substituents is 1. The van der Waals surface area contributed by atoms with Gasteiger partial charge in [-0.25, -0.2) is 0 Å². The summed E-state index contributed by atoms with van der Waals surface area (Å²) in [5.41, 5.74) is 6.75. The molecule has 0 saturated heterocycles. The van der Waals surface area contributed by atoms with E-state index in [1.807, 2.05) is 0 Å². The molecule has 0 fully saturated rings. The molecule has 0 radical (unpaired) electrons. The Morgan fingerprint density at radius 1 is 1.04 bits per heavy atom. The van der Waals surface area contributed by atoms with E-state index in [2.05, 4.69) is 10.6 Å².